The molecule has 3 heterocycles. The van der Waals surface area contributed by atoms with E-state index in [2.05, 4.69) is 106 Å². The number of hydrogen-bond acceptors (Lipinski definition) is 1. The summed E-state index contributed by atoms with van der Waals surface area (Å²) in [7, 11) is 0. The number of para-hydroxylation sites is 2. The fourth-order valence-electron chi connectivity index (χ4n) is 4.94. The molecule has 30 heavy (non-hydrogen) atoms. The molecule has 0 saturated heterocycles. The van der Waals surface area contributed by atoms with Gasteiger partial charge in [0.05, 0.1) is 16.6 Å². The third kappa shape index (κ3) is 1.91. The Bertz CT molecular complexity index is 1740. The Morgan fingerprint density at radius 3 is 2.03 bits per heavy atom. The summed E-state index contributed by atoms with van der Waals surface area (Å²) in [5.41, 5.74) is 5.79. The molecule has 0 saturated carbocycles. The minimum Gasteiger partial charge on any atom is -0.307 e. The van der Waals surface area contributed by atoms with Crippen molar-refractivity contribution in [3.8, 4) is 5.69 Å². The second-order valence-corrected chi connectivity index (χ2v) is 7.71. The molecule has 140 valence electrons. The molecule has 0 amide bonds. The SMILES string of the molecule is c1ccc(-n2c3ccccc3c3ccc4c5ccccc5c5nccn5c4c32)cc1. The van der Waals surface area contributed by atoms with Crippen LogP contribution in [0.4, 0.5) is 0 Å². The molecule has 0 atom stereocenters. The van der Waals surface area contributed by atoms with Crippen LogP contribution >= 0.6 is 0 Å². The summed E-state index contributed by atoms with van der Waals surface area (Å²) >= 11 is 0. The molecule has 7 aromatic rings. The number of rotatable bonds is 1. The topological polar surface area (TPSA) is 22.2 Å². The standard InChI is InChI=1S/C27H17N3/c1-2-8-18(9-3-1)30-24-13-7-6-11-20(24)22-15-14-21-19-10-4-5-12-23(19)27-28-16-17-29(27)25(21)26(22)30/h1-17H. The number of pyridine rings is 1. The lowest BCUT2D eigenvalue weighted by Gasteiger charge is -2.13. The van der Waals surface area contributed by atoms with Crippen molar-refractivity contribution in [2.45, 2.75) is 0 Å². The Kier molecular flexibility index (Phi) is 3.00. The van der Waals surface area contributed by atoms with Gasteiger partial charge in [-0.2, -0.15) is 0 Å². The molecule has 0 bridgehead atoms. The van der Waals surface area contributed by atoms with Gasteiger partial charge in [-0.15, -0.1) is 0 Å². The summed E-state index contributed by atoms with van der Waals surface area (Å²) in [6.45, 7) is 0. The molecule has 3 aromatic heterocycles. The predicted octanol–water partition coefficient (Wildman–Crippen LogP) is 6.74. The van der Waals surface area contributed by atoms with Gasteiger partial charge in [-0.05, 0) is 23.6 Å². The van der Waals surface area contributed by atoms with Crippen molar-refractivity contribution < 1.29 is 0 Å². The van der Waals surface area contributed by atoms with Crippen LogP contribution in [0.5, 0.6) is 0 Å². The van der Waals surface area contributed by atoms with Gasteiger partial charge in [0, 0.05) is 39.6 Å². The summed E-state index contributed by atoms with van der Waals surface area (Å²) < 4.78 is 4.64. The lowest BCUT2D eigenvalue weighted by atomic mass is 10.0. The van der Waals surface area contributed by atoms with E-state index >= 15 is 0 Å². The Hall–Kier alpha value is -4.11. The molecule has 0 unspecified atom stereocenters. The van der Waals surface area contributed by atoms with Gasteiger partial charge in [0.25, 0.3) is 0 Å². The first-order valence-electron chi connectivity index (χ1n) is 10.2. The van der Waals surface area contributed by atoms with Crippen LogP contribution in [0.25, 0.3) is 54.8 Å². The van der Waals surface area contributed by atoms with Crippen molar-refractivity contribution in [3.05, 3.63) is 103 Å². The van der Waals surface area contributed by atoms with E-state index < -0.39 is 0 Å². The van der Waals surface area contributed by atoms with Gasteiger partial charge in [0.1, 0.15) is 5.65 Å². The second kappa shape index (κ2) is 5.71. The zero-order valence-electron chi connectivity index (χ0n) is 16.2. The van der Waals surface area contributed by atoms with E-state index in [1.807, 2.05) is 6.20 Å². The lowest BCUT2D eigenvalue weighted by molar-refractivity contribution is 1.17. The molecule has 0 aliphatic rings. The quantitative estimate of drug-likeness (QED) is 0.288. The minimum absolute atomic E-state index is 0.996. The van der Waals surface area contributed by atoms with Crippen LogP contribution in [-0.4, -0.2) is 14.0 Å². The molecule has 4 aromatic carbocycles. The predicted molar refractivity (Wildman–Crippen MR) is 125 cm³/mol. The molecular weight excluding hydrogens is 366 g/mol. The highest BCUT2D eigenvalue weighted by atomic mass is 15.0. The van der Waals surface area contributed by atoms with Crippen molar-refractivity contribution >= 4 is 49.1 Å². The van der Waals surface area contributed by atoms with Crippen molar-refractivity contribution in [3.63, 3.8) is 0 Å². The normalized spacial score (nSPS) is 12.0. The highest BCUT2D eigenvalue weighted by molar-refractivity contribution is 6.23. The minimum atomic E-state index is 0.996. The smallest absolute Gasteiger partial charge is 0.145 e. The van der Waals surface area contributed by atoms with Gasteiger partial charge in [0.15, 0.2) is 0 Å². The number of fused-ring (bicyclic) bond motifs is 10. The van der Waals surface area contributed by atoms with Gasteiger partial charge < -0.3 is 4.57 Å². The maximum Gasteiger partial charge on any atom is 0.145 e. The van der Waals surface area contributed by atoms with Crippen LogP contribution in [0.3, 0.4) is 0 Å². The number of benzene rings is 4. The summed E-state index contributed by atoms with van der Waals surface area (Å²) in [6, 6.07) is 32.4. The third-order valence-electron chi connectivity index (χ3n) is 6.16. The third-order valence-corrected chi connectivity index (χ3v) is 6.16. The van der Waals surface area contributed by atoms with E-state index in [4.69, 9.17) is 4.98 Å². The molecule has 0 aliphatic carbocycles. The summed E-state index contributed by atoms with van der Waals surface area (Å²) in [4.78, 5) is 4.71. The Morgan fingerprint density at radius 1 is 0.533 bits per heavy atom. The van der Waals surface area contributed by atoms with Gasteiger partial charge in [-0.1, -0.05) is 72.8 Å². The van der Waals surface area contributed by atoms with E-state index in [0.29, 0.717) is 0 Å². The number of aromatic nitrogens is 3. The van der Waals surface area contributed by atoms with Crippen LogP contribution in [0.15, 0.2) is 103 Å². The number of imidazole rings is 1. The summed E-state index contributed by atoms with van der Waals surface area (Å²) in [5.74, 6) is 0. The van der Waals surface area contributed by atoms with E-state index in [1.165, 1.54) is 43.5 Å². The molecule has 3 heteroatoms. The average molecular weight is 383 g/mol. The van der Waals surface area contributed by atoms with Crippen molar-refractivity contribution in [2.24, 2.45) is 0 Å². The number of nitrogens with zero attached hydrogens (tertiary/aromatic N) is 3. The van der Waals surface area contributed by atoms with Crippen molar-refractivity contribution in [1.82, 2.24) is 14.0 Å². The monoisotopic (exact) mass is 383 g/mol. The van der Waals surface area contributed by atoms with Crippen LogP contribution in [0.1, 0.15) is 0 Å². The van der Waals surface area contributed by atoms with Gasteiger partial charge in [-0.3, -0.25) is 4.40 Å². The molecule has 7 rings (SSSR count). The summed E-state index contributed by atoms with van der Waals surface area (Å²) in [6.07, 6.45) is 3.98. The zero-order chi connectivity index (χ0) is 19.7. The largest absolute Gasteiger partial charge is 0.307 e. The van der Waals surface area contributed by atoms with Gasteiger partial charge in [-0.25, -0.2) is 4.98 Å². The van der Waals surface area contributed by atoms with E-state index in [0.717, 1.165) is 11.3 Å². The van der Waals surface area contributed by atoms with Gasteiger partial charge in [0.2, 0.25) is 0 Å². The molecule has 0 radical (unpaired) electrons. The lowest BCUT2D eigenvalue weighted by Crippen LogP contribution is -1.97. The van der Waals surface area contributed by atoms with Crippen molar-refractivity contribution in [1.29, 1.82) is 0 Å². The Balaban J connectivity index is 1.86. The second-order valence-electron chi connectivity index (χ2n) is 7.71. The van der Waals surface area contributed by atoms with Crippen LogP contribution in [0.2, 0.25) is 0 Å². The molecule has 0 N–H and O–H groups in total. The first kappa shape index (κ1) is 15.8. The molecular formula is C27H17N3. The molecule has 0 spiro atoms. The first-order chi connectivity index (χ1) is 14.9. The Labute approximate surface area is 172 Å². The number of hydrogen-bond donors (Lipinski definition) is 0. The van der Waals surface area contributed by atoms with Gasteiger partial charge >= 0.3 is 0 Å². The summed E-state index contributed by atoms with van der Waals surface area (Å²) in [5, 5.41) is 6.17. The van der Waals surface area contributed by atoms with E-state index in [1.54, 1.807) is 0 Å². The van der Waals surface area contributed by atoms with E-state index in [9.17, 15) is 0 Å². The molecule has 0 aliphatic heterocycles. The fraction of sp³-hybridized carbons (Fsp3) is 0. The van der Waals surface area contributed by atoms with Crippen molar-refractivity contribution in [2.75, 3.05) is 0 Å². The zero-order valence-corrected chi connectivity index (χ0v) is 16.2. The Morgan fingerprint density at radius 2 is 1.20 bits per heavy atom. The van der Waals surface area contributed by atoms with Crippen LogP contribution in [0, 0.1) is 0 Å². The molecule has 3 nitrogen and oxygen atoms in total. The highest BCUT2D eigenvalue weighted by Gasteiger charge is 2.18. The maximum absolute atomic E-state index is 4.71. The molecule has 0 fully saturated rings. The maximum atomic E-state index is 4.71. The first-order valence-corrected chi connectivity index (χ1v) is 10.2. The van der Waals surface area contributed by atoms with Crippen LogP contribution < -0.4 is 0 Å². The fourth-order valence-corrected chi connectivity index (χ4v) is 4.94. The average Bonchev–Trinajstić information content (AvgIpc) is 3.43. The van der Waals surface area contributed by atoms with E-state index in [-0.39, 0.29) is 0 Å². The van der Waals surface area contributed by atoms with Crippen LogP contribution in [-0.2, 0) is 0 Å². The highest BCUT2D eigenvalue weighted by Crippen LogP contribution is 2.39.